The smallest absolute Gasteiger partial charge is 0.407 e. The molecule has 0 fully saturated rings. The van der Waals surface area contributed by atoms with Crippen LogP contribution < -0.4 is 10.6 Å². The van der Waals surface area contributed by atoms with Gasteiger partial charge in [0.2, 0.25) is 5.91 Å². The predicted octanol–water partition coefficient (Wildman–Crippen LogP) is 4.17. The number of carbonyl (C=O) groups excluding carboxylic acids is 2. The minimum absolute atomic E-state index is 0.0396. The largest absolute Gasteiger partial charge is 0.481 e. The Morgan fingerprint density at radius 2 is 1.55 bits per heavy atom. The molecule has 0 radical (unpaired) electrons. The van der Waals surface area contributed by atoms with Gasteiger partial charge in [-0.05, 0) is 48.4 Å². The molecule has 0 aliphatic heterocycles. The number of fused-ring (bicyclic) bond motifs is 3. The van der Waals surface area contributed by atoms with Crippen LogP contribution in [0, 0.1) is 11.3 Å². The number of carboxylic acids is 1. The van der Waals surface area contributed by atoms with E-state index in [1.54, 1.807) is 0 Å². The number of rotatable bonds is 9. The third-order valence-electron chi connectivity index (χ3n) is 5.94. The van der Waals surface area contributed by atoms with Gasteiger partial charge in [-0.15, -0.1) is 0 Å². The molecule has 0 saturated carbocycles. The number of benzene rings is 2. The Bertz CT molecular complexity index is 985. The molecule has 0 bridgehead atoms. The summed E-state index contributed by atoms with van der Waals surface area (Å²) in [6.45, 7) is 7.07. The lowest BCUT2D eigenvalue weighted by Crippen LogP contribution is -2.50. The summed E-state index contributed by atoms with van der Waals surface area (Å²) in [5, 5.41) is 14.6. The Hall–Kier alpha value is -3.35. The Balaban J connectivity index is 1.64. The lowest BCUT2D eigenvalue weighted by atomic mass is 9.93. The Labute approximate surface area is 194 Å². The van der Waals surface area contributed by atoms with Gasteiger partial charge >= 0.3 is 12.1 Å². The molecule has 0 spiro atoms. The average molecular weight is 453 g/mol. The van der Waals surface area contributed by atoms with E-state index >= 15 is 0 Å². The quantitative estimate of drug-likeness (QED) is 0.530. The van der Waals surface area contributed by atoms with Gasteiger partial charge in [-0.3, -0.25) is 9.59 Å². The molecule has 33 heavy (non-hydrogen) atoms. The van der Waals surface area contributed by atoms with Crippen LogP contribution in [0.2, 0.25) is 0 Å². The van der Waals surface area contributed by atoms with Crippen LogP contribution in [0.5, 0.6) is 0 Å². The van der Waals surface area contributed by atoms with E-state index in [1.165, 1.54) is 13.8 Å². The first kappa shape index (κ1) is 24.3. The fourth-order valence-corrected chi connectivity index (χ4v) is 3.99. The third kappa shape index (κ3) is 5.72. The van der Waals surface area contributed by atoms with Crippen molar-refractivity contribution in [2.24, 2.45) is 11.3 Å². The maximum absolute atomic E-state index is 12.7. The van der Waals surface area contributed by atoms with Gasteiger partial charge in [0.1, 0.15) is 12.6 Å². The summed E-state index contributed by atoms with van der Waals surface area (Å²) >= 11 is 0. The molecule has 7 nitrogen and oxygen atoms in total. The van der Waals surface area contributed by atoms with Crippen LogP contribution in [0.4, 0.5) is 4.79 Å². The molecule has 176 valence electrons. The van der Waals surface area contributed by atoms with Gasteiger partial charge in [-0.25, -0.2) is 4.79 Å². The molecule has 0 unspecified atom stereocenters. The van der Waals surface area contributed by atoms with Gasteiger partial charge < -0.3 is 20.5 Å². The van der Waals surface area contributed by atoms with Crippen LogP contribution in [0.3, 0.4) is 0 Å². The zero-order valence-electron chi connectivity index (χ0n) is 19.6. The third-order valence-corrected chi connectivity index (χ3v) is 5.94. The van der Waals surface area contributed by atoms with Gasteiger partial charge in [0.05, 0.1) is 5.41 Å². The number of ether oxygens (including phenoxy) is 1. The van der Waals surface area contributed by atoms with E-state index in [4.69, 9.17) is 4.74 Å². The molecule has 3 N–H and O–H groups in total. The van der Waals surface area contributed by atoms with Crippen molar-refractivity contribution >= 4 is 18.0 Å². The number of hydrogen-bond donors (Lipinski definition) is 3. The van der Waals surface area contributed by atoms with Crippen molar-refractivity contribution in [3.05, 3.63) is 59.7 Å². The Morgan fingerprint density at radius 1 is 1.00 bits per heavy atom. The normalized spacial score (nSPS) is 13.7. The average Bonchev–Trinajstić information content (AvgIpc) is 3.09. The molecule has 2 amide bonds. The number of aliphatic carboxylic acids is 1. The monoisotopic (exact) mass is 452 g/mol. The van der Waals surface area contributed by atoms with E-state index in [2.05, 4.69) is 22.8 Å². The summed E-state index contributed by atoms with van der Waals surface area (Å²) in [7, 11) is 0. The van der Waals surface area contributed by atoms with E-state index in [-0.39, 0.29) is 25.0 Å². The Kier molecular flexibility index (Phi) is 7.41. The summed E-state index contributed by atoms with van der Waals surface area (Å²) in [5.41, 5.74) is 3.39. The van der Waals surface area contributed by atoms with E-state index in [0.29, 0.717) is 6.42 Å². The minimum atomic E-state index is -1.11. The first-order chi connectivity index (χ1) is 15.6. The molecule has 1 aliphatic rings. The van der Waals surface area contributed by atoms with Crippen LogP contribution in [0.15, 0.2) is 48.5 Å². The summed E-state index contributed by atoms with van der Waals surface area (Å²) in [4.78, 5) is 36.6. The van der Waals surface area contributed by atoms with E-state index < -0.39 is 29.4 Å². The highest BCUT2D eigenvalue weighted by atomic mass is 16.5. The van der Waals surface area contributed by atoms with E-state index in [9.17, 15) is 19.5 Å². The van der Waals surface area contributed by atoms with Crippen LogP contribution in [-0.4, -0.2) is 42.3 Å². The standard InChI is InChI=1S/C26H32N2O5/c1-16(2)13-22(23(29)27-15-26(3,4)24(30)31)28-25(32)33-14-21-19-11-7-5-9-17(19)18-10-6-8-12-20(18)21/h5-12,16,21-22H,13-15H2,1-4H3,(H,27,29)(H,28,32)(H,30,31)/t22-/m1/s1. The number of hydrogen-bond acceptors (Lipinski definition) is 4. The van der Waals surface area contributed by atoms with Gasteiger partial charge in [-0.2, -0.15) is 0 Å². The van der Waals surface area contributed by atoms with Crippen molar-refractivity contribution in [1.82, 2.24) is 10.6 Å². The van der Waals surface area contributed by atoms with E-state index in [0.717, 1.165) is 22.3 Å². The lowest BCUT2D eigenvalue weighted by Gasteiger charge is -2.24. The van der Waals surface area contributed by atoms with E-state index in [1.807, 2.05) is 50.2 Å². The van der Waals surface area contributed by atoms with Crippen LogP contribution in [0.1, 0.15) is 51.2 Å². The van der Waals surface area contributed by atoms with Gasteiger partial charge in [0.25, 0.3) is 0 Å². The summed E-state index contributed by atoms with van der Waals surface area (Å²) in [5.74, 6) is -1.36. The highest BCUT2D eigenvalue weighted by Gasteiger charge is 2.31. The maximum atomic E-state index is 12.7. The number of nitrogens with one attached hydrogen (secondary N) is 2. The van der Waals surface area contributed by atoms with Crippen molar-refractivity contribution in [3.8, 4) is 11.1 Å². The molecule has 2 aromatic carbocycles. The number of carbonyl (C=O) groups is 3. The highest BCUT2D eigenvalue weighted by Crippen LogP contribution is 2.44. The summed E-state index contributed by atoms with van der Waals surface area (Å²) in [6, 6.07) is 15.3. The fraction of sp³-hybridized carbons (Fsp3) is 0.423. The first-order valence-corrected chi connectivity index (χ1v) is 11.2. The van der Waals surface area contributed by atoms with Crippen molar-refractivity contribution < 1.29 is 24.2 Å². The number of alkyl carbamates (subject to hydrolysis) is 1. The van der Waals surface area contributed by atoms with Crippen molar-refractivity contribution in [2.75, 3.05) is 13.2 Å². The SMILES string of the molecule is CC(C)C[C@@H](NC(=O)OCC1c2ccccc2-c2ccccc21)C(=O)NCC(C)(C)C(=O)O. The lowest BCUT2D eigenvalue weighted by molar-refractivity contribution is -0.146. The minimum Gasteiger partial charge on any atom is -0.481 e. The second-order valence-corrected chi connectivity index (χ2v) is 9.56. The molecule has 0 heterocycles. The number of amides is 2. The summed E-state index contributed by atoms with van der Waals surface area (Å²) in [6.07, 6.45) is -0.265. The molecule has 2 aromatic rings. The molecule has 1 aliphatic carbocycles. The topological polar surface area (TPSA) is 105 Å². The van der Waals surface area contributed by atoms with Crippen LogP contribution in [0.25, 0.3) is 11.1 Å². The summed E-state index contributed by atoms with van der Waals surface area (Å²) < 4.78 is 5.56. The van der Waals surface area contributed by atoms with Crippen LogP contribution in [-0.2, 0) is 14.3 Å². The first-order valence-electron chi connectivity index (χ1n) is 11.2. The van der Waals surface area contributed by atoms with Crippen molar-refractivity contribution in [2.45, 2.75) is 46.1 Å². The second-order valence-electron chi connectivity index (χ2n) is 9.56. The molecular formula is C26H32N2O5. The van der Waals surface area contributed by atoms with Gasteiger partial charge in [-0.1, -0.05) is 62.4 Å². The molecular weight excluding hydrogens is 420 g/mol. The molecule has 0 aromatic heterocycles. The molecule has 1 atom stereocenters. The predicted molar refractivity (Wildman–Crippen MR) is 126 cm³/mol. The van der Waals surface area contributed by atoms with Crippen molar-refractivity contribution in [1.29, 1.82) is 0 Å². The van der Waals surface area contributed by atoms with Crippen LogP contribution >= 0.6 is 0 Å². The van der Waals surface area contributed by atoms with Gasteiger partial charge in [0.15, 0.2) is 0 Å². The zero-order valence-corrected chi connectivity index (χ0v) is 19.6. The fourth-order valence-electron chi connectivity index (χ4n) is 3.99. The molecule has 7 heteroatoms. The molecule has 3 rings (SSSR count). The highest BCUT2D eigenvalue weighted by molar-refractivity contribution is 5.86. The second kappa shape index (κ2) is 10.1. The Morgan fingerprint density at radius 3 is 2.06 bits per heavy atom. The zero-order chi connectivity index (χ0) is 24.2. The van der Waals surface area contributed by atoms with Crippen molar-refractivity contribution in [3.63, 3.8) is 0 Å². The maximum Gasteiger partial charge on any atom is 0.407 e. The number of carboxylic acid groups (broad SMARTS) is 1. The molecule has 0 saturated heterocycles. The van der Waals surface area contributed by atoms with Gasteiger partial charge in [0, 0.05) is 12.5 Å².